The van der Waals surface area contributed by atoms with Crippen molar-refractivity contribution in [2.45, 2.75) is 39.8 Å². The molecule has 1 aliphatic heterocycles. The third-order valence-electron chi connectivity index (χ3n) is 5.15. The van der Waals surface area contributed by atoms with E-state index in [0.29, 0.717) is 5.92 Å². The lowest BCUT2D eigenvalue weighted by atomic mass is 9.94. The summed E-state index contributed by atoms with van der Waals surface area (Å²) in [6.45, 7) is 9.01. The number of aromatic nitrogens is 1. The van der Waals surface area contributed by atoms with Crippen LogP contribution in [0.4, 0.5) is 0 Å². The predicted octanol–water partition coefficient (Wildman–Crippen LogP) is 3.30. The fraction of sp³-hybridized carbons (Fsp3) is 0.450. The number of amides is 1. The quantitative estimate of drug-likeness (QED) is 0.877. The number of carbonyl (C=O) groups is 1. The van der Waals surface area contributed by atoms with E-state index < -0.39 is 0 Å². The van der Waals surface area contributed by atoms with Crippen LogP contribution >= 0.6 is 12.4 Å². The zero-order valence-corrected chi connectivity index (χ0v) is 16.0. The Hall–Kier alpha value is -1.78. The van der Waals surface area contributed by atoms with Crippen LogP contribution in [0.25, 0.3) is 0 Å². The molecule has 0 bridgehead atoms. The molecule has 2 aromatic rings. The van der Waals surface area contributed by atoms with Crippen molar-refractivity contribution >= 4 is 18.3 Å². The number of hydrogen-bond donors (Lipinski definition) is 2. The van der Waals surface area contributed by atoms with Gasteiger partial charge < -0.3 is 15.2 Å². The second kappa shape index (κ2) is 8.54. The lowest BCUT2D eigenvalue weighted by Gasteiger charge is -2.30. The van der Waals surface area contributed by atoms with Gasteiger partial charge in [0.1, 0.15) is 0 Å². The first-order valence-electron chi connectivity index (χ1n) is 8.78. The minimum absolute atomic E-state index is 0. The van der Waals surface area contributed by atoms with Gasteiger partial charge in [-0.05, 0) is 44.4 Å². The Labute approximate surface area is 156 Å². The van der Waals surface area contributed by atoms with Gasteiger partial charge in [-0.15, -0.1) is 12.4 Å². The highest BCUT2D eigenvalue weighted by atomic mass is 35.5. The van der Waals surface area contributed by atoms with Crippen LogP contribution in [-0.2, 0) is 6.54 Å². The number of benzene rings is 1. The fourth-order valence-corrected chi connectivity index (χ4v) is 3.47. The summed E-state index contributed by atoms with van der Waals surface area (Å²) < 4.78 is 2.22. The van der Waals surface area contributed by atoms with Crippen molar-refractivity contribution in [3.05, 3.63) is 58.9 Å². The minimum Gasteiger partial charge on any atom is -0.348 e. The number of rotatable bonds is 4. The zero-order valence-electron chi connectivity index (χ0n) is 15.2. The van der Waals surface area contributed by atoms with Gasteiger partial charge in [0.05, 0.1) is 5.56 Å². The second-order valence-electron chi connectivity index (χ2n) is 6.91. The van der Waals surface area contributed by atoms with Gasteiger partial charge in [0, 0.05) is 30.5 Å². The number of halogens is 1. The summed E-state index contributed by atoms with van der Waals surface area (Å²) in [5.74, 6) is 0.561. The SMILES string of the molecule is Cc1cc(C(=O)NC2CNCCC2C)c(C)n1Cc1ccccc1.Cl. The Morgan fingerprint density at radius 2 is 2.00 bits per heavy atom. The highest BCUT2D eigenvalue weighted by molar-refractivity contribution is 5.96. The Kier molecular flexibility index (Phi) is 6.68. The predicted molar refractivity (Wildman–Crippen MR) is 105 cm³/mol. The summed E-state index contributed by atoms with van der Waals surface area (Å²) in [6, 6.07) is 12.6. The molecule has 1 aromatic carbocycles. The molecule has 1 aliphatic rings. The number of hydrogen-bond acceptors (Lipinski definition) is 2. The van der Waals surface area contributed by atoms with Crippen molar-refractivity contribution in [3.8, 4) is 0 Å². The van der Waals surface area contributed by atoms with Gasteiger partial charge in [-0.1, -0.05) is 37.3 Å². The van der Waals surface area contributed by atoms with E-state index in [1.807, 2.05) is 19.1 Å². The molecule has 1 fully saturated rings. The van der Waals surface area contributed by atoms with Crippen LogP contribution < -0.4 is 10.6 Å². The average molecular weight is 362 g/mol. The van der Waals surface area contributed by atoms with Gasteiger partial charge in [-0.3, -0.25) is 4.79 Å². The van der Waals surface area contributed by atoms with Crippen molar-refractivity contribution in [1.29, 1.82) is 0 Å². The maximum absolute atomic E-state index is 12.7. The molecule has 0 aliphatic carbocycles. The van der Waals surface area contributed by atoms with Crippen LogP contribution in [0, 0.1) is 19.8 Å². The van der Waals surface area contributed by atoms with Gasteiger partial charge in [0.15, 0.2) is 0 Å². The Morgan fingerprint density at radius 1 is 1.28 bits per heavy atom. The largest absolute Gasteiger partial charge is 0.348 e. The average Bonchev–Trinajstić information content (AvgIpc) is 2.86. The van der Waals surface area contributed by atoms with Crippen molar-refractivity contribution in [3.63, 3.8) is 0 Å². The molecule has 2 atom stereocenters. The molecule has 2 N–H and O–H groups in total. The van der Waals surface area contributed by atoms with Crippen LogP contribution in [0.2, 0.25) is 0 Å². The van der Waals surface area contributed by atoms with Crippen molar-refractivity contribution in [2.24, 2.45) is 5.92 Å². The van der Waals surface area contributed by atoms with Gasteiger partial charge in [-0.2, -0.15) is 0 Å². The lowest BCUT2D eigenvalue weighted by Crippen LogP contribution is -2.50. The van der Waals surface area contributed by atoms with Crippen molar-refractivity contribution in [2.75, 3.05) is 13.1 Å². The third-order valence-corrected chi connectivity index (χ3v) is 5.15. The summed E-state index contributed by atoms with van der Waals surface area (Å²) in [7, 11) is 0. The van der Waals surface area contributed by atoms with Crippen molar-refractivity contribution < 1.29 is 4.79 Å². The summed E-state index contributed by atoms with van der Waals surface area (Å²) >= 11 is 0. The number of aryl methyl sites for hydroxylation is 1. The van der Waals surface area contributed by atoms with Crippen LogP contribution in [0.1, 0.15) is 40.7 Å². The molecule has 0 spiro atoms. The topological polar surface area (TPSA) is 46.1 Å². The molecule has 0 radical (unpaired) electrons. The first kappa shape index (κ1) is 19.5. The molecule has 3 rings (SSSR count). The number of carbonyl (C=O) groups excluding carboxylic acids is 1. The maximum atomic E-state index is 12.7. The van der Waals surface area contributed by atoms with Gasteiger partial charge >= 0.3 is 0 Å². The molecular formula is C20H28ClN3O. The monoisotopic (exact) mass is 361 g/mol. The van der Waals surface area contributed by atoms with Crippen LogP contribution in [-0.4, -0.2) is 29.6 Å². The lowest BCUT2D eigenvalue weighted by molar-refractivity contribution is 0.0914. The molecule has 25 heavy (non-hydrogen) atoms. The van der Waals surface area contributed by atoms with E-state index in [-0.39, 0.29) is 24.4 Å². The van der Waals surface area contributed by atoms with E-state index in [1.165, 1.54) is 5.56 Å². The molecule has 5 heteroatoms. The molecule has 0 saturated carbocycles. The molecular weight excluding hydrogens is 334 g/mol. The molecule has 136 valence electrons. The fourth-order valence-electron chi connectivity index (χ4n) is 3.47. The van der Waals surface area contributed by atoms with Crippen LogP contribution in [0.3, 0.4) is 0 Å². The van der Waals surface area contributed by atoms with E-state index in [0.717, 1.165) is 43.0 Å². The normalized spacial score (nSPS) is 20.0. The first-order valence-corrected chi connectivity index (χ1v) is 8.78. The van der Waals surface area contributed by atoms with E-state index in [1.54, 1.807) is 0 Å². The number of piperidine rings is 1. The molecule has 2 heterocycles. The summed E-state index contributed by atoms with van der Waals surface area (Å²) in [6.07, 6.45) is 1.11. The third kappa shape index (κ3) is 4.44. The summed E-state index contributed by atoms with van der Waals surface area (Å²) in [5, 5.41) is 6.58. The van der Waals surface area contributed by atoms with E-state index in [9.17, 15) is 4.79 Å². The number of nitrogens with one attached hydrogen (secondary N) is 2. The summed E-state index contributed by atoms with van der Waals surface area (Å²) in [4.78, 5) is 12.7. The molecule has 1 amide bonds. The number of nitrogens with zero attached hydrogens (tertiary/aromatic N) is 1. The Bertz CT molecular complexity index is 711. The van der Waals surface area contributed by atoms with Crippen LogP contribution in [0.15, 0.2) is 36.4 Å². The minimum atomic E-state index is 0. The molecule has 4 nitrogen and oxygen atoms in total. The van der Waals surface area contributed by atoms with E-state index in [4.69, 9.17) is 0 Å². The standard InChI is InChI=1S/C20H27N3O.ClH/c1-14-9-10-21-12-19(14)22-20(24)18-11-15(2)23(16(18)3)13-17-7-5-4-6-8-17;/h4-8,11,14,19,21H,9-10,12-13H2,1-3H3,(H,22,24);1H. The van der Waals surface area contributed by atoms with Crippen molar-refractivity contribution in [1.82, 2.24) is 15.2 Å². The molecule has 1 saturated heterocycles. The molecule has 1 aromatic heterocycles. The smallest absolute Gasteiger partial charge is 0.253 e. The van der Waals surface area contributed by atoms with Crippen LogP contribution in [0.5, 0.6) is 0 Å². The Balaban J connectivity index is 0.00000225. The Morgan fingerprint density at radius 3 is 2.68 bits per heavy atom. The van der Waals surface area contributed by atoms with Gasteiger partial charge in [-0.25, -0.2) is 0 Å². The zero-order chi connectivity index (χ0) is 17.1. The molecule has 2 unspecified atom stereocenters. The highest BCUT2D eigenvalue weighted by Gasteiger charge is 2.24. The first-order chi connectivity index (χ1) is 11.6. The van der Waals surface area contributed by atoms with E-state index >= 15 is 0 Å². The summed E-state index contributed by atoms with van der Waals surface area (Å²) in [5.41, 5.74) is 4.19. The second-order valence-corrected chi connectivity index (χ2v) is 6.91. The van der Waals surface area contributed by atoms with Gasteiger partial charge in [0.2, 0.25) is 0 Å². The maximum Gasteiger partial charge on any atom is 0.253 e. The van der Waals surface area contributed by atoms with E-state index in [2.05, 4.69) is 53.3 Å². The highest BCUT2D eigenvalue weighted by Crippen LogP contribution is 2.18. The van der Waals surface area contributed by atoms with Gasteiger partial charge in [0.25, 0.3) is 5.91 Å².